The molecular formula is C12H15N3OS. The first-order valence-corrected chi connectivity index (χ1v) is 6.33. The Bertz CT molecular complexity index is 453. The smallest absolute Gasteiger partial charge is 0.0931 e. The summed E-state index contributed by atoms with van der Waals surface area (Å²) in [6.07, 6.45) is 1.25. The van der Waals surface area contributed by atoms with Gasteiger partial charge in [-0.25, -0.2) is 4.98 Å². The zero-order valence-corrected chi connectivity index (χ0v) is 10.7. The Balaban J connectivity index is 2.06. The van der Waals surface area contributed by atoms with E-state index in [0.29, 0.717) is 5.69 Å². The Labute approximate surface area is 105 Å². The lowest BCUT2D eigenvalue weighted by molar-refractivity contribution is 0.194. The van der Waals surface area contributed by atoms with E-state index in [0.717, 1.165) is 17.9 Å². The van der Waals surface area contributed by atoms with Gasteiger partial charge < -0.3 is 10.0 Å². The molecule has 1 N–H and O–H groups in total. The van der Waals surface area contributed by atoms with Gasteiger partial charge in [0.05, 0.1) is 41.4 Å². The normalized spacial score (nSPS) is 12.4. The van der Waals surface area contributed by atoms with Crippen LogP contribution in [0.3, 0.4) is 0 Å². The van der Waals surface area contributed by atoms with Gasteiger partial charge >= 0.3 is 0 Å². The van der Waals surface area contributed by atoms with Gasteiger partial charge in [-0.1, -0.05) is 0 Å². The fourth-order valence-corrected chi connectivity index (χ4v) is 2.07. The van der Waals surface area contributed by atoms with Gasteiger partial charge in [0.2, 0.25) is 0 Å². The first kappa shape index (κ1) is 12.0. The second-order valence-corrected chi connectivity index (χ2v) is 4.67. The van der Waals surface area contributed by atoms with Crippen LogP contribution in [-0.4, -0.2) is 22.1 Å². The fourth-order valence-electron chi connectivity index (χ4n) is 1.52. The molecule has 1 unspecified atom stereocenters. The Kier molecular flexibility index (Phi) is 3.71. The molecule has 2 aromatic heterocycles. The third kappa shape index (κ3) is 3.01. The van der Waals surface area contributed by atoms with Crippen LogP contribution < -0.4 is 4.90 Å². The van der Waals surface area contributed by atoms with Crippen molar-refractivity contribution in [2.45, 2.75) is 19.6 Å². The van der Waals surface area contributed by atoms with Crippen molar-refractivity contribution >= 4 is 17.0 Å². The predicted octanol–water partition coefficient (Wildman–Crippen LogP) is 2.23. The van der Waals surface area contributed by atoms with Crippen LogP contribution in [0.5, 0.6) is 0 Å². The number of aliphatic hydroxyl groups excluding tert-OH is 1. The zero-order valence-electron chi connectivity index (χ0n) is 9.87. The Morgan fingerprint density at radius 2 is 2.24 bits per heavy atom. The quantitative estimate of drug-likeness (QED) is 0.902. The molecule has 0 saturated carbocycles. The molecule has 0 fully saturated rings. The number of thiazole rings is 1. The minimum Gasteiger partial charge on any atom is -0.387 e. The monoisotopic (exact) mass is 249 g/mol. The van der Waals surface area contributed by atoms with Crippen molar-refractivity contribution < 1.29 is 5.11 Å². The Morgan fingerprint density at radius 3 is 2.76 bits per heavy atom. The molecule has 0 aromatic carbocycles. The summed E-state index contributed by atoms with van der Waals surface area (Å²) in [5, 5.41) is 11.4. The van der Waals surface area contributed by atoms with Crippen LogP contribution in [0, 0.1) is 0 Å². The van der Waals surface area contributed by atoms with Gasteiger partial charge in [-0.3, -0.25) is 4.98 Å². The van der Waals surface area contributed by atoms with Gasteiger partial charge in [0.15, 0.2) is 0 Å². The first-order valence-electron chi connectivity index (χ1n) is 5.39. The number of aliphatic hydroxyl groups is 1. The molecular weight excluding hydrogens is 234 g/mol. The average molecular weight is 249 g/mol. The van der Waals surface area contributed by atoms with E-state index in [1.165, 1.54) is 0 Å². The van der Waals surface area contributed by atoms with E-state index in [-0.39, 0.29) is 0 Å². The summed E-state index contributed by atoms with van der Waals surface area (Å²) in [6.45, 7) is 2.47. The molecule has 2 aromatic rings. The third-order valence-electron chi connectivity index (χ3n) is 2.52. The molecule has 0 bridgehead atoms. The molecule has 0 aliphatic rings. The molecule has 0 saturated heterocycles. The molecule has 0 amide bonds. The highest BCUT2D eigenvalue weighted by Crippen LogP contribution is 2.17. The van der Waals surface area contributed by atoms with E-state index < -0.39 is 6.10 Å². The second kappa shape index (κ2) is 5.25. The summed E-state index contributed by atoms with van der Waals surface area (Å²) in [5.74, 6) is 0. The number of pyridine rings is 1. The standard InChI is InChI=1S/C12H15N3OS/c1-9(16)12-4-3-11(5-13-12)15(2)6-10-7-17-8-14-10/h3-5,7-9,16H,6H2,1-2H3. The fraction of sp³-hybridized carbons (Fsp3) is 0.333. The number of nitrogens with zero attached hydrogens (tertiary/aromatic N) is 3. The van der Waals surface area contributed by atoms with Crippen LogP contribution in [0.25, 0.3) is 0 Å². The highest BCUT2D eigenvalue weighted by molar-refractivity contribution is 7.07. The van der Waals surface area contributed by atoms with Crippen LogP contribution in [0.2, 0.25) is 0 Å². The van der Waals surface area contributed by atoms with Gasteiger partial charge in [0, 0.05) is 12.4 Å². The minimum atomic E-state index is -0.520. The highest BCUT2D eigenvalue weighted by Gasteiger charge is 2.06. The second-order valence-electron chi connectivity index (χ2n) is 3.95. The van der Waals surface area contributed by atoms with Crippen molar-refractivity contribution in [2.24, 2.45) is 0 Å². The third-order valence-corrected chi connectivity index (χ3v) is 3.16. The maximum Gasteiger partial charge on any atom is 0.0931 e. The Hall–Kier alpha value is -1.46. The predicted molar refractivity (Wildman–Crippen MR) is 69.1 cm³/mol. The maximum atomic E-state index is 9.38. The summed E-state index contributed by atoms with van der Waals surface area (Å²) in [6, 6.07) is 3.80. The molecule has 1 atom stereocenters. The SMILES string of the molecule is CC(O)c1ccc(N(C)Cc2cscn2)cn1. The number of aromatic nitrogens is 2. The molecule has 4 nitrogen and oxygen atoms in total. The van der Waals surface area contributed by atoms with Crippen molar-refractivity contribution in [3.63, 3.8) is 0 Å². The van der Waals surface area contributed by atoms with Crippen molar-refractivity contribution in [3.05, 3.63) is 40.6 Å². The van der Waals surface area contributed by atoms with Crippen molar-refractivity contribution in [2.75, 3.05) is 11.9 Å². The number of hydrogen-bond acceptors (Lipinski definition) is 5. The zero-order chi connectivity index (χ0) is 12.3. The van der Waals surface area contributed by atoms with Gasteiger partial charge in [0.1, 0.15) is 0 Å². The molecule has 0 spiro atoms. The number of rotatable bonds is 4. The van der Waals surface area contributed by atoms with Gasteiger partial charge in [-0.15, -0.1) is 11.3 Å². The lowest BCUT2D eigenvalue weighted by Gasteiger charge is -2.18. The molecule has 17 heavy (non-hydrogen) atoms. The summed E-state index contributed by atoms with van der Waals surface area (Å²) in [7, 11) is 2.00. The van der Waals surface area contributed by atoms with Crippen molar-refractivity contribution in [3.8, 4) is 0 Å². The largest absolute Gasteiger partial charge is 0.387 e. The van der Waals surface area contributed by atoms with Crippen LogP contribution >= 0.6 is 11.3 Å². The molecule has 0 radical (unpaired) electrons. The molecule has 2 heterocycles. The van der Waals surface area contributed by atoms with E-state index in [2.05, 4.69) is 14.9 Å². The molecule has 5 heteroatoms. The van der Waals surface area contributed by atoms with E-state index in [9.17, 15) is 5.11 Å². The summed E-state index contributed by atoms with van der Waals surface area (Å²) in [5.41, 5.74) is 4.59. The summed E-state index contributed by atoms with van der Waals surface area (Å²) < 4.78 is 0. The summed E-state index contributed by atoms with van der Waals surface area (Å²) >= 11 is 1.60. The number of anilines is 1. The molecule has 0 aliphatic heterocycles. The molecule has 90 valence electrons. The van der Waals surface area contributed by atoms with Crippen LogP contribution in [0.15, 0.2) is 29.2 Å². The van der Waals surface area contributed by atoms with Crippen molar-refractivity contribution in [1.82, 2.24) is 9.97 Å². The lowest BCUT2D eigenvalue weighted by atomic mass is 10.2. The molecule has 2 rings (SSSR count). The van der Waals surface area contributed by atoms with E-state index in [4.69, 9.17) is 0 Å². The van der Waals surface area contributed by atoms with Gasteiger partial charge in [-0.05, 0) is 19.1 Å². The van der Waals surface area contributed by atoms with E-state index in [1.54, 1.807) is 24.5 Å². The Morgan fingerprint density at radius 1 is 1.41 bits per heavy atom. The summed E-state index contributed by atoms with van der Waals surface area (Å²) in [4.78, 5) is 10.5. The van der Waals surface area contributed by atoms with Gasteiger partial charge in [0.25, 0.3) is 0 Å². The van der Waals surface area contributed by atoms with E-state index >= 15 is 0 Å². The van der Waals surface area contributed by atoms with Crippen LogP contribution in [-0.2, 0) is 6.54 Å². The average Bonchev–Trinajstić information content (AvgIpc) is 2.82. The first-order chi connectivity index (χ1) is 8.16. The van der Waals surface area contributed by atoms with Gasteiger partial charge in [-0.2, -0.15) is 0 Å². The van der Waals surface area contributed by atoms with Crippen molar-refractivity contribution in [1.29, 1.82) is 0 Å². The van der Waals surface area contributed by atoms with E-state index in [1.807, 2.05) is 30.1 Å². The van der Waals surface area contributed by atoms with Crippen LogP contribution in [0.4, 0.5) is 5.69 Å². The lowest BCUT2D eigenvalue weighted by Crippen LogP contribution is -2.16. The van der Waals surface area contributed by atoms with Crippen LogP contribution in [0.1, 0.15) is 24.4 Å². The topological polar surface area (TPSA) is 49.2 Å². The minimum absolute atomic E-state index is 0.520. The molecule has 0 aliphatic carbocycles. The maximum absolute atomic E-state index is 9.38. The number of hydrogen-bond donors (Lipinski definition) is 1. The highest BCUT2D eigenvalue weighted by atomic mass is 32.1.